The van der Waals surface area contributed by atoms with Crippen LogP contribution in [-0.4, -0.2) is 27.1 Å². The first-order valence-electron chi connectivity index (χ1n) is 7.59. The highest BCUT2D eigenvalue weighted by molar-refractivity contribution is 5.97. The number of phenolic OH excluding ortho intramolecular Hbond substituents is 2. The molecule has 1 aliphatic rings. The summed E-state index contributed by atoms with van der Waals surface area (Å²) in [5.41, 5.74) is -0.162. The molecule has 7 nitrogen and oxygen atoms in total. The second-order valence-electron chi connectivity index (χ2n) is 6.72. The number of fused-ring (bicyclic) bond motifs is 4. The lowest BCUT2D eigenvalue weighted by Gasteiger charge is -2.35. The Hall–Kier alpha value is -2.77. The first kappa shape index (κ1) is 17.1. The summed E-state index contributed by atoms with van der Waals surface area (Å²) in [6.45, 7) is 3.78. The first-order chi connectivity index (χ1) is 11.3. The van der Waals surface area contributed by atoms with E-state index < -0.39 is 17.1 Å². The smallest absolute Gasteiger partial charge is 0.204 e. The molecule has 2 aromatic carbocycles. The number of hydrogen-bond donors (Lipinski definition) is 3. The van der Waals surface area contributed by atoms with Crippen LogP contribution in [0.4, 0.5) is 0 Å². The predicted octanol–water partition coefficient (Wildman–Crippen LogP) is 1.91. The number of aromatic hydroxyl groups is 2. The van der Waals surface area contributed by atoms with E-state index in [1.807, 2.05) is 13.8 Å². The molecule has 0 aliphatic carbocycles. The zero-order valence-electron chi connectivity index (χ0n) is 13.7. The number of phenols is 2. The van der Waals surface area contributed by atoms with E-state index in [2.05, 4.69) is 0 Å². The molecule has 0 fully saturated rings. The Balaban J connectivity index is 0.00000182. The molecule has 25 heavy (non-hydrogen) atoms. The predicted molar refractivity (Wildman–Crippen MR) is 91.2 cm³/mol. The lowest BCUT2D eigenvalue weighted by atomic mass is 9.78. The SMILES string of the molecule is CC1(C)C[C@H](O)Oc2cc(O)c3c(=O)c4cccc(O)c4oc3c21.O. The molecule has 0 radical (unpaired) electrons. The number of ether oxygens (including phenoxy) is 1. The molecule has 4 rings (SSSR count). The fourth-order valence-electron chi connectivity index (χ4n) is 3.45. The van der Waals surface area contributed by atoms with Crippen LogP contribution in [0.25, 0.3) is 21.9 Å². The second-order valence-corrected chi connectivity index (χ2v) is 6.72. The van der Waals surface area contributed by atoms with Gasteiger partial charge in [0.05, 0.1) is 5.39 Å². The van der Waals surface area contributed by atoms with Crippen LogP contribution in [0.1, 0.15) is 25.8 Å². The Morgan fingerprint density at radius 3 is 2.60 bits per heavy atom. The third-order valence-electron chi connectivity index (χ3n) is 4.52. The highest BCUT2D eigenvalue weighted by atomic mass is 16.6. The van der Waals surface area contributed by atoms with Crippen molar-refractivity contribution in [3.63, 3.8) is 0 Å². The van der Waals surface area contributed by atoms with Gasteiger partial charge in [-0.15, -0.1) is 0 Å². The van der Waals surface area contributed by atoms with Crippen LogP contribution < -0.4 is 10.2 Å². The van der Waals surface area contributed by atoms with Crippen molar-refractivity contribution in [3.05, 3.63) is 40.1 Å². The fraction of sp³-hybridized carbons (Fsp3) is 0.278. The molecule has 1 aromatic heterocycles. The molecular weight excluding hydrogens is 328 g/mol. The summed E-state index contributed by atoms with van der Waals surface area (Å²) in [7, 11) is 0. The maximum absolute atomic E-state index is 12.8. The van der Waals surface area contributed by atoms with Gasteiger partial charge in [0.15, 0.2) is 17.6 Å². The molecule has 0 amide bonds. The molecule has 7 heteroatoms. The van der Waals surface area contributed by atoms with Crippen molar-refractivity contribution in [1.82, 2.24) is 0 Å². The zero-order chi connectivity index (χ0) is 17.2. The highest BCUT2D eigenvalue weighted by Gasteiger charge is 2.38. The third kappa shape index (κ3) is 2.32. The van der Waals surface area contributed by atoms with Gasteiger partial charge in [-0.1, -0.05) is 19.9 Å². The fourth-order valence-corrected chi connectivity index (χ4v) is 3.45. The molecule has 0 saturated heterocycles. The molecule has 132 valence electrons. The average Bonchev–Trinajstić information content (AvgIpc) is 2.46. The number of para-hydroxylation sites is 1. The topological polar surface area (TPSA) is 132 Å². The molecule has 0 spiro atoms. The van der Waals surface area contributed by atoms with Crippen molar-refractivity contribution >= 4 is 21.9 Å². The summed E-state index contributed by atoms with van der Waals surface area (Å²) in [4.78, 5) is 12.8. The summed E-state index contributed by atoms with van der Waals surface area (Å²) >= 11 is 0. The van der Waals surface area contributed by atoms with Crippen LogP contribution in [-0.2, 0) is 5.41 Å². The maximum atomic E-state index is 12.8. The second kappa shape index (κ2) is 5.37. The Morgan fingerprint density at radius 1 is 1.16 bits per heavy atom. The minimum absolute atomic E-state index is 0. The number of aliphatic hydroxyl groups excluding tert-OH is 1. The van der Waals surface area contributed by atoms with Gasteiger partial charge in [-0.05, 0) is 12.1 Å². The maximum Gasteiger partial charge on any atom is 0.204 e. The van der Waals surface area contributed by atoms with E-state index in [1.165, 1.54) is 18.2 Å². The number of benzene rings is 2. The summed E-state index contributed by atoms with van der Waals surface area (Å²) in [5, 5.41) is 30.5. The van der Waals surface area contributed by atoms with Crippen LogP contribution in [0.3, 0.4) is 0 Å². The van der Waals surface area contributed by atoms with E-state index in [1.54, 1.807) is 6.07 Å². The monoisotopic (exact) mass is 346 g/mol. The molecule has 0 unspecified atom stereocenters. The third-order valence-corrected chi connectivity index (χ3v) is 4.52. The van der Waals surface area contributed by atoms with Gasteiger partial charge in [-0.2, -0.15) is 0 Å². The van der Waals surface area contributed by atoms with Gasteiger partial charge in [0, 0.05) is 23.5 Å². The Morgan fingerprint density at radius 2 is 1.88 bits per heavy atom. The zero-order valence-corrected chi connectivity index (χ0v) is 13.7. The Bertz CT molecular complexity index is 1050. The quantitative estimate of drug-likeness (QED) is 0.533. The van der Waals surface area contributed by atoms with Crippen LogP contribution in [0.2, 0.25) is 0 Å². The molecule has 0 bridgehead atoms. The minimum atomic E-state index is -1.01. The van der Waals surface area contributed by atoms with Gasteiger partial charge in [0.2, 0.25) is 5.43 Å². The summed E-state index contributed by atoms with van der Waals surface area (Å²) < 4.78 is 11.2. The van der Waals surface area contributed by atoms with Crippen molar-refractivity contribution in [3.8, 4) is 17.2 Å². The van der Waals surface area contributed by atoms with E-state index in [0.29, 0.717) is 12.0 Å². The molecule has 0 saturated carbocycles. The molecular formula is C18H18O7. The lowest BCUT2D eigenvalue weighted by molar-refractivity contribution is -0.0495. The van der Waals surface area contributed by atoms with Crippen LogP contribution in [0, 0.1) is 0 Å². The van der Waals surface area contributed by atoms with Crippen LogP contribution in [0.15, 0.2) is 33.5 Å². The first-order valence-corrected chi connectivity index (χ1v) is 7.59. The van der Waals surface area contributed by atoms with Gasteiger partial charge in [-0.3, -0.25) is 4.79 Å². The van der Waals surface area contributed by atoms with Crippen molar-refractivity contribution in [2.75, 3.05) is 0 Å². The van der Waals surface area contributed by atoms with E-state index in [-0.39, 0.29) is 44.7 Å². The summed E-state index contributed by atoms with van der Waals surface area (Å²) in [6.07, 6.45) is -0.701. The Kier molecular flexibility index (Phi) is 3.66. The normalized spacial score (nSPS) is 18.4. The van der Waals surface area contributed by atoms with E-state index >= 15 is 0 Å². The lowest BCUT2D eigenvalue weighted by Crippen LogP contribution is -2.34. The molecule has 3 aromatic rings. The summed E-state index contributed by atoms with van der Waals surface area (Å²) in [6, 6.07) is 5.83. The number of rotatable bonds is 0. The summed E-state index contributed by atoms with van der Waals surface area (Å²) in [5.74, 6) is -0.174. The molecule has 1 atom stereocenters. The molecule has 1 aliphatic heterocycles. The Labute approximate surface area is 142 Å². The van der Waals surface area contributed by atoms with E-state index in [9.17, 15) is 20.1 Å². The largest absolute Gasteiger partial charge is 0.507 e. The van der Waals surface area contributed by atoms with E-state index in [4.69, 9.17) is 9.15 Å². The van der Waals surface area contributed by atoms with Crippen LogP contribution in [0.5, 0.6) is 17.2 Å². The van der Waals surface area contributed by atoms with Crippen molar-refractivity contribution in [2.24, 2.45) is 0 Å². The molecule has 2 heterocycles. The van der Waals surface area contributed by atoms with Gasteiger partial charge < -0.3 is 29.9 Å². The highest BCUT2D eigenvalue weighted by Crippen LogP contribution is 2.47. The van der Waals surface area contributed by atoms with E-state index in [0.717, 1.165) is 0 Å². The standard InChI is InChI=1S/C18H16O6.H2O/c1-18(2)7-12(21)23-11-6-10(20)13-15(22)8-4-3-5-9(19)16(8)24-17(13)14(11)18;/h3-6,12,19-21H,7H2,1-2H3;1H2/t12-;/m1./s1. The number of aliphatic hydroxyl groups is 1. The minimum Gasteiger partial charge on any atom is -0.507 e. The van der Waals surface area contributed by atoms with Gasteiger partial charge in [-0.25, -0.2) is 0 Å². The average molecular weight is 346 g/mol. The van der Waals surface area contributed by atoms with Gasteiger partial charge in [0.1, 0.15) is 22.5 Å². The molecule has 5 N–H and O–H groups in total. The van der Waals surface area contributed by atoms with Crippen molar-refractivity contribution in [2.45, 2.75) is 32.0 Å². The van der Waals surface area contributed by atoms with Crippen LogP contribution >= 0.6 is 0 Å². The van der Waals surface area contributed by atoms with Gasteiger partial charge in [0.25, 0.3) is 0 Å². The van der Waals surface area contributed by atoms with Gasteiger partial charge >= 0.3 is 0 Å². The number of hydrogen-bond acceptors (Lipinski definition) is 6. The van der Waals surface area contributed by atoms with Crippen molar-refractivity contribution in [1.29, 1.82) is 0 Å². The van der Waals surface area contributed by atoms with Crippen molar-refractivity contribution < 1.29 is 29.9 Å².